The third-order valence-electron chi connectivity index (χ3n) is 6.24. The molecule has 2 amide bonds. The molecule has 0 saturated carbocycles. The lowest BCUT2D eigenvalue weighted by Crippen LogP contribution is -2.38. The summed E-state index contributed by atoms with van der Waals surface area (Å²) in [5, 5.41) is 2.91. The number of aromatic nitrogens is 2. The van der Waals surface area contributed by atoms with Crippen LogP contribution in [0.1, 0.15) is 29.2 Å². The lowest BCUT2D eigenvalue weighted by molar-refractivity contribution is -0.117. The number of rotatable bonds is 6. The van der Waals surface area contributed by atoms with E-state index in [1.807, 2.05) is 69.3 Å². The molecule has 178 valence electrons. The number of carbonyl (C=O) groups is 2. The Hall–Kier alpha value is -4.26. The van der Waals surface area contributed by atoms with E-state index in [-0.39, 0.29) is 30.7 Å². The van der Waals surface area contributed by atoms with Gasteiger partial charge in [0.1, 0.15) is 6.54 Å². The lowest BCUT2D eigenvalue weighted by Gasteiger charge is -2.22. The molecule has 0 atom stereocenters. The van der Waals surface area contributed by atoms with Gasteiger partial charge in [-0.25, -0.2) is 4.98 Å². The maximum absolute atomic E-state index is 13.6. The van der Waals surface area contributed by atoms with Crippen LogP contribution in [-0.2, 0) is 22.7 Å². The number of nitrogens with zero attached hydrogens (tertiary/aromatic N) is 3. The van der Waals surface area contributed by atoms with Crippen LogP contribution in [0.4, 0.5) is 11.5 Å². The number of amides is 2. The van der Waals surface area contributed by atoms with Crippen LogP contribution in [0.3, 0.4) is 0 Å². The maximum atomic E-state index is 13.6. The molecular formula is C28H28N4O3. The molecule has 1 heterocycles. The fraction of sp³-hybridized carbons (Fsp3) is 0.214. The summed E-state index contributed by atoms with van der Waals surface area (Å²) in [5.41, 5.74) is 5.20. The number of nitrogens with one attached hydrogen (secondary N) is 1. The third-order valence-corrected chi connectivity index (χ3v) is 6.24. The van der Waals surface area contributed by atoms with Gasteiger partial charge < -0.3 is 5.32 Å². The number of anilines is 2. The van der Waals surface area contributed by atoms with Gasteiger partial charge in [-0.2, -0.15) is 0 Å². The van der Waals surface area contributed by atoms with Crippen LogP contribution in [0, 0.1) is 20.8 Å². The van der Waals surface area contributed by atoms with E-state index in [9.17, 15) is 14.4 Å². The molecule has 0 fully saturated rings. The van der Waals surface area contributed by atoms with Crippen molar-refractivity contribution >= 4 is 34.4 Å². The number of fused-ring (bicyclic) bond motifs is 1. The van der Waals surface area contributed by atoms with E-state index < -0.39 is 5.56 Å². The van der Waals surface area contributed by atoms with Gasteiger partial charge in [-0.15, -0.1) is 0 Å². The van der Waals surface area contributed by atoms with Gasteiger partial charge in [-0.1, -0.05) is 48.5 Å². The first-order chi connectivity index (χ1) is 16.8. The van der Waals surface area contributed by atoms with E-state index in [0.29, 0.717) is 16.7 Å². The van der Waals surface area contributed by atoms with Crippen LogP contribution >= 0.6 is 0 Å². The first-order valence-corrected chi connectivity index (χ1v) is 11.4. The average molecular weight is 469 g/mol. The molecule has 0 aliphatic heterocycles. The summed E-state index contributed by atoms with van der Waals surface area (Å²) in [7, 11) is 0. The van der Waals surface area contributed by atoms with Gasteiger partial charge in [-0.3, -0.25) is 23.9 Å². The van der Waals surface area contributed by atoms with Crippen LogP contribution < -0.4 is 15.8 Å². The van der Waals surface area contributed by atoms with E-state index in [1.54, 1.807) is 18.2 Å². The number of hydrogen-bond acceptors (Lipinski definition) is 4. The highest BCUT2D eigenvalue weighted by Gasteiger charge is 2.22. The Morgan fingerprint density at radius 1 is 0.914 bits per heavy atom. The van der Waals surface area contributed by atoms with Gasteiger partial charge in [0.05, 0.1) is 17.6 Å². The molecule has 4 rings (SSSR count). The van der Waals surface area contributed by atoms with Crippen LogP contribution in [0.2, 0.25) is 0 Å². The molecule has 7 heteroatoms. The quantitative estimate of drug-likeness (QED) is 0.451. The van der Waals surface area contributed by atoms with Crippen molar-refractivity contribution in [2.45, 2.75) is 40.8 Å². The zero-order chi connectivity index (χ0) is 25.1. The Bertz CT molecular complexity index is 1490. The Kier molecular flexibility index (Phi) is 6.78. The minimum atomic E-state index is -0.497. The van der Waals surface area contributed by atoms with Crippen molar-refractivity contribution in [1.82, 2.24) is 9.55 Å². The number of carbonyl (C=O) groups excluding carboxylic acids is 2. The van der Waals surface area contributed by atoms with E-state index in [4.69, 9.17) is 0 Å². The molecule has 0 aliphatic carbocycles. The summed E-state index contributed by atoms with van der Waals surface area (Å²) in [6, 6.07) is 20.5. The lowest BCUT2D eigenvalue weighted by atomic mass is 10.1. The molecular weight excluding hydrogens is 440 g/mol. The predicted molar refractivity (Wildman–Crippen MR) is 139 cm³/mol. The fourth-order valence-corrected chi connectivity index (χ4v) is 4.02. The first kappa shape index (κ1) is 23.9. The summed E-state index contributed by atoms with van der Waals surface area (Å²) in [4.78, 5) is 45.2. The minimum Gasteiger partial charge on any atom is -0.324 e. The Balaban J connectivity index is 1.76. The second-order valence-corrected chi connectivity index (χ2v) is 8.64. The van der Waals surface area contributed by atoms with Crippen LogP contribution in [0.15, 0.2) is 71.5 Å². The van der Waals surface area contributed by atoms with Gasteiger partial charge in [0.15, 0.2) is 0 Å². The molecule has 7 nitrogen and oxygen atoms in total. The van der Waals surface area contributed by atoms with E-state index >= 15 is 0 Å². The van der Waals surface area contributed by atoms with Crippen molar-refractivity contribution in [2.24, 2.45) is 0 Å². The first-order valence-electron chi connectivity index (χ1n) is 11.4. The SMILES string of the molecule is CC(=O)N(Cc1ccccc1C)c1nc2ccccc2n(CC(=O)Nc2cccc(C)c2C)c1=O. The van der Waals surface area contributed by atoms with Crippen molar-refractivity contribution in [2.75, 3.05) is 10.2 Å². The topological polar surface area (TPSA) is 84.3 Å². The monoisotopic (exact) mass is 468 g/mol. The molecule has 0 saturated heterocycles. The van der Waals surface area contributed by atoms with Gasteiger partial charge in [0, 0.05) is 12.6 Å². The third kappa shape index (κ3) is 4.99. The standard InChI is InChI=1S/C28H28N4O3/c1-18-11-9-14-23(20(18)3)29-26(34)17-32-25-15-8-7-13-24(25)30-27(28(32)35)31(21(4)33)16-22-12-6-5-10-19(22)2/h5-15H,16-17H2,1-4H3,(H,29,34). The van der Waals surface area contributed by atoms with Gasteiger partial charge >= 0.3 is 0 Å². The highest BCUT2D eigenvalue weighted by atomic mass is 16.2. The van der Waals surface area contributed by atoms with Gasteiger partial charge in [0.2, 0.25) is 17.6 Å². The molecule has 35 heavy (non-hydrogen) atoms. The predicted octanol–water partition coefficient (Wildman–Crippen LogP) is 4.51. The van der Waals surface area contributed by atoms with Crippen molar-refractivity contribution in [3.05, 3.63) is 99.3 Å². The van der Waals surface area contributed by atoms with Crippen molar-refractivity contribution < 1.29 is 9.59 Å². The van der Waals surface area contributed by atoms with Gasteiger partial charge in [0.25, 0.3) is 5.56 Å². The molecule has 4 aromatic rings. The summed E-state index contributed by atoms with van der Waals surface area (Å²) in [6.45, 7) is 7.27. The van der Waals surface area contributed by atoms with E-state index in [0.717, 1.165) is 22.3 Å². The summed E-state index contributed by atoms with van der Waals surface area (Å²) in [5.74, 6) is -0.644. The number of para-hydroxylation sites is 2. The highest BCUT2D eigenvalue weighted by Crippen LogP contribution is 2.20. The van der Waals surface area contributed by atoms with Crippen molar-refractivity contribution in [1.29, 1.82) is 0 Å². The Labute approximate surface area is 204 Å². The van der Waals surface area contributed by atoms with Crippen LogP contribution in [-0.4, -0.2) is 21.4 Å². The number of hydrogen-bond donors (Lipinski definition) is 1. The zero-order valence-corrected chi connectivity index (χ0v) is 20.3. The highest BCUT2D eigenvalue weighted by molar-refractivity contribution is 5.94. The zero-order valence-electron chi connectivity index (χ0n) is 20.3. The smallest absolute Gasteiger partial charge is 0.294 e. The van der Waals surface area contributed by atoms with E-state index in [2.05, 4.69) is 10.3 Å². The summed E-state index contributed by atoms with van der Waals surface area (Å²) < 4.78 is 1.38. The van der Waals surface area contributed by atoms with E-state index in [1.165, 1.54) is 16.4 Å². The number of aryl methyl sites for hydroxylation is 2. The molecule has 0 spiro atoms. The molecule has 1 N–H and O–H groups in total. The molecule has 0 unspecified atom stereocenters. The van der Waals surface area contributed by atoms with Crippen LogP contribution in [0.25, 0.3) is 11.0 Å². The minimum absolute atomic E-state index is 0.000936. The molecule has 0 radical (unpaired) electrons. The Morgan fingerprint density at radius 2 is 1.60 bits per heavy atom. The van der Waals surface area contributed by atoms with Crippen LogP contribution in [0.5, 0.6) is 0 Å². The second-order valence-electron chi connectivity index (χ2n) is 8.64. The second kappa shape index (κ2) is 9.93. The van der Waals surface area contributed by atoms with Crippen molar-refractivity contribution in [3.8, 4) is 0 Å². The molecule has 1 aromatic heterocycles. The summed E-state index contributed by atoms with van der Waals surface area (Å²) in [6.07, 6.45) is 0. The summed E-state index contributed by atoms with van der Waals surface area (Å²) >= 11 is 0. The van der Waals surface area contributed by atoms with Crippen molar-refractivity contribution in [3.63, 3.8) is 0 Å². The normalized spacial score (nSPS) is 10.9. The number of benzene rings is 3. The van der Waals surface area contributed by atoms with Gasteiger partial charge in [-0.05, 0) is 61.2 Å². The molecule has 0 bridgehead atoms. The molecule has 3 aromatic carbocycles. The average Bonchev–Trinajstić information content (AvgIpc) is 2.83. The fourth-order valence-electron chi connectivity index (χ4n) is 4.02. The Morgan fingerprint density at radius 3 is 2.34 bits per heavy atom. The molecule has 0 aliphatic rings. The maximum Gasteiger partial charge on any atom is 0.294 e. The largest absolute Gasteiger partial charge is 0.324 e.